The number of hydrogen-bond donors (Lipinski definition) is 0. The molecule has 3 nitrogen and oxygen atoms in total. The molecule has 3 aromatic carbocycles. The lowest BCUT2D eigenvalue weighted by Gasteiger charge is -2.30. The summed E-state index contributed by atoms with van der Waals surface area (Å²) in [6.07, 6.45) is 8.51. The van der Waals surface area contributed by atoms with E-state index in [0.29, 0.717) is 13.2 Å². The fourth-order valence-corrected chi connectivity index (χ4v) is 4.86. The molecule has 4 heteroatoms. The second-order valence-corrected chi connectivity index (χ2v) is 10.3. The van der Waals surface area contributed by atoms with E-state index in [1.165, 1.54) is 5.56 Å². The first-order chi connectivity index (χ1) is 16.8. The highest BCUT2D eigenvalue weighted by molar-refractivity contribution is 6.30. The van der Waals surface area contributed by atoms with Crippen molar-refractivity contribution in [1.29, 1.82) is 0 Å². The monoisotopic (exact) mass is 486 g/mol. The quantitative estimate of drug-likeness (QED) is 0.350. The van der Waals surface area contributed by atoms with Gasteiger partial charge in [0.1, 0.15) is 36.1 Å². The smallest absolute Gasteiger partial charge is 0.137 e. The maximum absolute atomic E-state index is 6.41. The minimum absolute atomic E-state index is 0.314. The molecule has 3 aromatic rings. The number of aryl methyl sites for hydroxylation is 2. The van der Waals surface area contributed by atoms with E-state index in [2.05, 4.69) is 70.2 Å². The van der Waals surface area contributed by atoms with E-state index in [0.717, 1.165) is 68.5 Å². The highest BCUT2D eigenvalue weighted by Gasteiger charge is 2.27. The molecule has 0 spiro atoms. The number of ether oxygens (including phenoxy) is 3. The standard InChI is InChI=1S/C31H31ClO3/c1-5-6-21-7-11-26(29(16-21)33-18-23-8-10-25(32)15-20(23)2)24-17-22-9-12-28-27(30(22)34-19-24)13-14-31(3,4)35-28/h7-17H,5-6,18-19H2,1-4H3. The number of benzene rings is 3. The van der Waals surface area contributed by atoms with Crippen molar-refractivity contribution >= 4 is 29.3 Å². The second kappa shape index (κ2) is 9.47. The van der Waals surface area contributed by atoms with Crippen LogP contribution < -0.4 is 14.2 Å². The summed E-state index contributed by atoms with van der Waals surface area (Å²) in [6, 6.07) is 16.6. The van der Waals surface area contributed by atoms with Crippen molar-refractivity contribution < 1.29 is 14.2 Å². The summed E-state index contributed by atoms with van der Waals surface area (Å²) in [5.74, 6) is 2.62. The van der Waals surface area contributed by atoms with Crippen molar-refractivity contribution in [3.63, 3.8) is 0 Å². The Morgan fingerprint density at radius 2 is 1.91 bits per heavy atom. The van der Waals surface area contributed by atoms with E-state index in [1.807, 2.05) is 24.3 Å². The number of halogens is 1. The van der Waals surface area contributed by atoms with Crippen LogP contribution in [0.25, 0.3) is 17.7 Å². The van der Waals surface area contributed by atoms with Crippen molar-refractivity contribution in [2.24, 2.45) is 0 Å². The van der Waals surface area contributed by atoms with Gasteiger partial charge in [0.25, 0.3) is 0 Å². The largest absolute Gasteiger partial charge is 0.488 e. The summed E-state index contributed by atoms with van der Waals surface area (Å²) in [6.45, 7) is 9.33. The molecule has 0 unspecified atom stereocenters. The lowest BCUT2D eigenvalue weighted by Crippen LogP contribution is -2.27. The molecule has 0 saturated carbocycles. The zero-order valence-corrected chi connectivity index (χ0v) is 21.5. The van der Waals surface area contributed by atoms with Gasteiger partial charge in [0.2, 0.25) is 0 Å². The minimum atomic E-state index is -0.314. The Morgan fingerprint density at radius 3 is 2.71 bits per heavy atom. The van der Waals surface area contributed by atoms with Gasteiger partial charge >= 0.3 is 0 Å². The van der Waals surface area contributed by atoms with Crippen LogP contribution in [0, 0.1) is 6.92 Å². The van der Waals surface area contributed by atoms with Crippen LogP contribution in [0.2, 0.25) is 5.02 Å². The summed E-state index contributed by atoms with van der Waals surface area (Å²) in [7, 11) is 0. The molecular weight excluding hydrogens is 456 g/mol. The Labute approximate surface area is 213 Å². The van der Waals surface area contributed by atoms with Crippen LogP contribution in [0.1, 0.15) is 60.6 Å². The zero-order valence-electron chi connectivity index (χ0n) is 20.8. The SMILES string of the molecule is CCCc1ccc(C2=Cc3ccc4c(c3OC2)C=CC(C)(C)O4)c(OCc2ccc(Cl)cc2C)c1. The van der Waals surface area contributed by atoms with E-state index in [9.17, 15) is 0 Å². The lowest BCUT2D eigenvalue weighted by atomic mass is 9.94. The molecule has 0 aliphatic carbocycles. The Morgan fingerprint density at radius 1 is 1.06 bits per heavy atom. The molecule has 0 saturated heterocycles. The molecule has 0 fully saturated rings. The molecule has 0 amide bonds. The zero-order chi connectivity index (χ0) is 24.6. The molecule has 2 aliphatic heterocycles. The molecule has 180 valence electrons. The first kappa shape index (κ1) is 23.6. The number of rotatable bonds is 6. The van der Waals surface area contributed by atoms with Crippen LogP contribution in [0.4, 0.5) is 0 Å². The normalized spacial score (nSPS) is 15.4. The average molecular weight is 487 g/mol. The summed E-state index contributed by atoms with van der Waals surface area (Å²) in [4.78, 5) is 0. The van der Waals surface area contributed by atoms with Crippen LogP contribution >= 0.6 is 11.6 Å². The summed E-state index contributed by atoms with van der Waals surface area (Å²) >= 11 is 6.14. The minimum Gasteiger partial charge on any atom is -0.488 e. The molecule has 0 atom stereocenters. The van der Waals surface area contributed by atoms with Gasteiger partial charge in [0, 0.05) is 21.7 Å². The molecule has 2 heterocycles. The van der Waals surface area contributed by atoms with Crippen molar-refractivity contribution in [3.8, 4) is 17.2 Å². The molecular formula is C31H31ClO3. The fourth-order valence-electron chi connectivity index (χ4n) is 4.63. The summed E-state index contributed by atoms with van der Waals surface area (Å²) in [5.41, 5.74) is 7.43. The van der Waals surface area contributed by atoms with Crippen molar-refractivity contribution in [2.75, 3.05) is 6.61 Å². The highest BCUT2D eigenvalue weighted by atomic mass is 35.5. The van der Waals surface area contributed by atoms with Gasteiger partial charge in [0.15, 0.2) is 0 Å². The van der Waals surface area contributed by atoms with Crippen LogP contribution in [0.3, 0.4) is 0 Å². The van der Waals surface area contributed by atoms with E-state index in [1.54, 1.807) is 0 Å². The van der Waals surface area contributed by atoms with Gasteiger partial charge in [-0.2, -0.15) is 0 Å². The molecule has 0 N–H and O–H groups in total. The van der Waals surface area contributed by atoms with Gasteiger partial charge in [-0.1, -0.05) is 43.1 Å². The van der Waals surface area contributed by atoms with Crippen LogP contribution in [-0.4, -0.2) is 12.2 Å². The van der Waals surface area contributed by atoms with E-state index >= 15 is 0 Å². The third-order valence-electron chi connectivity index (χ3n) is 6.53. The van der Waals surface area contributed by atoms with Crippen molar-refractivity contribution in [1.82, 2.24) is 0 Å². The topological polar surface area (TPSA) is 27.7 Å². The van der Waals surface area contributed by atoms with Gasteiger partial charge in [-0.15, -0.1) is 0 Å². The van der Waals surface area contributed by atoms with Crippen LogP contribution in [-0.2, 0) is 13.0 Å². The number of fused-ring (bicyclic) bond motifs is 3. The number of hydrogen-bond acceptors (Lipinski definition) is 3. The van der Waals surface area contributed by atoms with E-state index < -0.39 is 0 Å². The van der Waals surface area contributed by atoms with Gasteiger partial charge in [0.05, 0.1) is 5.56 Å². The Bertz CT molecular complexity index is 1330. The molecule has 0 radical (unpaired) electrons. The molecule has 2 aliphatic rings. The highest BCUT2D eigenvalue weighted by Crippen LogP contribution is 2.43. The predicted octanol–water partition coefficient (Wildman–Crippen LogP) is 8.30. The molecule has 5 rings (SSSR count). The van der Waals surface area contributed by atoms with Gasteiger partial charge in [-0.25, -0.2) is 0 Å². The maximum atomic E-state index is 6.41. The molecule has 35 heavy (non-hydrogen) atoms. The lowest BCUT2D eigenvalue weighted by molar-refractivity contribution is 0.158. The van der Waals surface area contributed by atoms with E-state index in [-0.39, 0.29) is 5.60 Å². The van der Waals surface area contributed by atoms with Gasteiger partial charge < -0.3 is 14.2 Å². The molecule has 0 bridgehead atoms. The van der Waals surface area contributed by atoms with Gasteiger partial charge in [-0.05, 0) is 92.4 Å². The summed E-state index contributed by atoms with van der Waals surface area (Å²) < 4.78 is 18.9. The average Bonchev–Trinajstić information content (AvgIpc) is 2.82. The Balaban J connectivity index is 1.48. The first-order valence-electron chi connectivity index (χ1n) is 12.2. The third-order valence-corrected chi connectivity index (χ3v) is 6.77. The van der Waals surface area contributed by atoms with Crippen molar-refractivity contribution in [2.45, 2.75) is 52.7 Å². The maximum Gasteiger partial charge on any atom is 0.137 e. The van der Waals surface area contributed by atoms with Crippen molar-refractivity contribution in [3.05, 3.63) is 93.0 Å². The predicted molar refractivity (Wildman–Crippen MR) is 145 cm³/mol. The fraction of sp³-hybridized carbons (Fsp3) is 0.290. The van der Waals surface area contributed by atoms with Crippen LogP contribution in [0.15, 0.2) is 54.6 Å². The Kier molecular flexibility index (Phi) is 6.37. The Hall–Kier alpha value is -3.17. The first-order valence-corrected chi connectivity index (χ1v) is 12.6. The third kappa shape index (κ3) is 4.97. The van der Waals surface area contributed by atoms with Gasteiger partial charge in [-0.3, -0.25) is 0 Å². The van der Waals surface area contributed by atoms with Crippen LogP contribution in [0.5, 0.6) is 17.2 Å². The second-order valence-electron chi connectivity index (χ2n) is 9.83. The molecule has 0 aromatic heterocycles. The summed E-state index contributed by atoms with van der Waals surface area (Å²) in [5, 5.41) is 0.742. The van der Waals surface area contributed by atoms with E-state index in [4.69, 9.17) is 25.8 Å².